The van der Waals surface area contributed by atoms with E-state index in [-0.39, 0.29) is 5.54 Å². The van der Waals surface area contributed by atoms with Gasteiger partial charge in [-0.25, -0.2) is 0 Å². The Labute approximate surface area is 226 Å². The summed E-state index contributed by atoms with van der Waals surface area (Å²) in [4.78, 5) is 9.82. The summed E-state index contributed by atoms with van der Waals surface area (Å²) < 4.78 is 12.3. The van der Waals surface area contributed by atoms with Crippen LogP contribution >= 0.6 is 0 Å². The summed E-state index contributed by atoms with van der Waals surface area (Å²) in [5.41, 5.74) is 5.68. The second-order valence-electron chi connectivity index (χ2n) is 10.7. The lowest BCUT2D eigenvalue weighted by Crippen LogP contribution is -2.53. The molecular formula is C33H37N3O2. The number of nitrogens with zero attached hydrogens (tertiary/aromatic N) is 3. The molecule has 38 heavy (non-hydrogen) atoms. The minimum atomic E-state index is 0.203. The van der Waals surface area contributed by atoms with Crippen molar-refractivity contribution in [1.29, 1.82) is 0 Å². The predicted molar refractivity (Wildman–Crippen MR) is 155 cm³/mol. The molecule has 0 unspecified atom stereocenters. The van der Waals surface area contributed by atoms with Gasteiger partial charge in [0.2, 0.25) is 11.8 Å². The molecule has 4 aromatic rings. The Bertz CT molecular complexity index is 1310. The smallest absolute Gasteiger partial charge is 0.225 e. The number of hydrogen-bond acceptors (Lipinski definition) is 5. The van der Waals surface area contributed by atoms with E-state index in [0.29, 0.717) is 25.0 Å². The van der Waals surface area contributed by atoms with E-state index in [2.05, 4.69) is 73.0 Å². The van der Waals surface area contributed by atoms with Gasteiger partial charge < -0.3 is 14.4 Å². The van der Waals surface area contributed by atoms with Crippen molar-refractivity contribution in [2.24, 2.45) is 0 Å². The number of pyridine rings is 1. The van der Waals surface area contributed by atoms with E-state index in [1.54, 1.807) is 0 Å². The highest BCUT2D eigenvalue weighted by atomic mass is 16.5. The first kappa shape index (κ1) is 25.8. The molecule has 1 saturated heterocycles. The van der Waals surface area contributed by atoms with Gasteiger partial charge in [0.15, 0.2) is 0 Å². The molecule has 0 amide bonds. The van der Waals surface area contributed by atoms with Crippen molar-refractivity contribution in [3.8, 4) is 22.9 Å². The lowest BCUT2D eigenvalue weighted by Gasteiger charge is -2.43. The molecule has 1 aliphatic rings. The fourth-order valence-corrected chi connectivity index (χ4v) is 4.80. The lowest BCUT2D eigenvalue weighted by molar-refractivity contribution is 0.128. The number of benzene rings is 3. The maximum Gasteiger partial charge on any atom is 0.225 e. The van der Waals surface area contributed by atoms with Crippen LogP contribution in [0.1, 0.15) is 31.9 Å². The largest absolute Gasteiger partial charge is 0.473 e. The highest BCUT2D eigenvalue weighted by Gasteiger charge is 2.26. The maximum absolute atomic E-state index is 6.30. The molecule has 0 bridgehead atoms. The Kier molecular flexibility index (Phi) is 7.94. The number of anilines is 1. The van der Waals surface area contributed by atoms with Gasteiger partial charge in [0.25, 0.3) is 0 Å². The van der Waals surface area contributed by atoms with Gasteiger partial charge in [0, 0.05) is 49.0 Å². The maximum atomic E-state index is 6.30. The zero-order valence-corrected chi connectivity index (χ0v) is 22.6. The quantitative estimate of drug-likeness (QED) is 0.261. The average Bonchev–Trinajstić information content (AvgIpc) is 2.96. The molecule has 1 aromatic heterocycles. The Balaban J connectivity index is 1.37. The van der Waals surface area contributed by atoms with Gasteiger partial charge in [-0.3, -0.25) is 4.90 Å². The third-order valence-electron chi connectivity index (χ3n) is 7.03. The van der Waals surface area contributed by atoms with E-state index >= 15 is 0 Å². The Morgan fingerprint density at radius 1 is 0.684 bits per heavy atom. The van der Waals surface area contributed by atoms with Gasteiger partial charge in [0.1, 0.15) is 13.2 Å². The molecule has 0 radical (unpaired) electrons. The van der Waals surface area contributed by atoms with Crippen LogP contribution in [0.15, 0.2) is 97.1 Å². The fraction of sp³-hybridized carbons (Fsp3) is 0.303. The van der Waals surface area contributed by atoms with Crippen molar-refractivity contribution in [3.05, 3.63) is 108 Å². The molecule has 0 N–H and O–H groups in total. The third-order valence-corrected chi connectivity index (χ3v) is 7.03. The molecule has 1 aliphatic heterocycles. The number of rotatable bonds is 8. The van der Waals surface area contributed by atoms with Crippen LogP contribution < -0.4 is 14.4 Å². The summed E-state index contributed by atoms with van der Waals surface area (Å²) >= 11 is 0. The summed E-state index contributed by atoms with van der Waals surface area (Å²) in [7, 11) is 0. The van der Waals surface area contributed by atoms with E-state index < -0.39 is 0 Å². The second-order valence-corrected chi connectivity index (χ2v) is 10.7. The summed E-state index contributed by atoms with van der Waals surface area (Å²) in [6.07, 6.45) is 0. The van der Waals surface area contributed by atoms with Crippen LogP contribution in [0, 0.1) is 0 Å². The second kappa shape index (κ2) is 11.7. The van der Waals surface area contributed by atoms with Crippen LogP contribution in [0.2, 0.25) is 0 Å². The molecule has 2 heterocycles. The molecular weight excluding hydrogens is 470 g/mol. The SMILES string of the molecule is CC(C)(C)N1CCN(c2cccc(-c3ccc(OCc4ccccc4)nc3OCc3ccccc3)c2)CC1. The molecule has 0 saturated carbocycles. The summed E-state index contributed by atoms with van der Waals surface area (Å²) in [6.45, 7) is 11.9. The summed E-state index contributed by atoms with van der Waals surface area (Å²) in [5, 5.41) is 0. The van der Waals surface area contributed by atoms with Crippen LogP contribution in [0.3, 0.4) is 0 Å². The third kappa shape index (κ3) is 6.53. The van der Waals surface area contributed by atoms with Crippen LogP contribution in [-0.2, 0) is 13.2 Å². The molecule has 0 spiro atoms. The van der Waals surface area contributed by atoms with E-state index in [0.717, 1.165) is 48.4 Å². The standard InChI is InChI=1S/C33H37N3O2/c1-33(2,3)36-21-19-35(20-22-36)29-16-10-15-28(23-29)30-17-18-31(37-24-26-11-6-4-7-12-26)34-32(30)38-25-27-13-8-5-9-14-27/h4-18,23H,19-22,24-25H2,1-3H3. The Hall–Kier alpha value is -3.83. The minimum absolute atomic E-state index is 0.203. The predicted octanol–water partition coefficient (Wildman–Crippen LogP) is 6.83. The Morgan fingerprint density at radius 2 is 1.32 bits per heavy atom. The van der Waals surface area contributed by atoms with Crippen molar-refractivity contribution >= 4 is 5.69 Å². The van der Waals surface area contributed by atoms with Crippen molar-refractivity contribution in [3.63, 3.8) is 0 Å². The van der Waals surface area contributed by atoms with Crippen molar-refractivity contribution in [2.75, 3.05) is 31.1 Å². The first-order valence-electron chi connectivity index (χ1n) is 13.4. The lowest BCUT2D eigenvalue weighted by atomic mass is 10.0. The number of piperazine rings is 1. The monoisotopic (exact) mass is 507 g/mol. The van der Waals surface area contributed by atoms with E-state index in [1.807, 2.05) is 54.6 Å². The van der Waals surface area contributed by atoms with Crippen LogP contribution in [0.4, 0.5) is 5.69 Å². The normalized spacial score (nSPS) is 14.3. The van der Waals surface area contributed by atoms with Crippen molar-refractivity contribution in [1.82, 2.24) is 9.88 Å². The molecule has 3 aromatic carbocycles. The highest BCUT2D eigenvalue weighted by Crippen LogP contribution is 2.34. The zero-order valence-electron chi connectivity index (χ0n) is 22.6. The Morgan fingerprint density at radius 3 is 1.95 bits per heavy atom. The van der Waals surface area contributed by atoms with Crippen LogP contribution in [0.25, 0.3) is 11.1 Å². The van der Waals surface area contributed by atoms with Crippen LogP contribution in [-0.4, -0.2) is 41.6 Å². The van der Waals surface area contributed by atoms with Gasteiger partial charge in [-0.15, -0.1) is 0 Å². The van der Waals surface area contributed by atoms with Crippen molar-refractivity contribution in [2.45, 2.75) is 39.5 Å². The van der Waals surface area contributed by atoms with Crippen LogP contribution in [0.5, 0.6) is 11.8 Å². The molecule has 196 valence electrons. The van der Waals surface area contributed by atoms with Gasteiger partial charge in [-0.1, -0.05) is 72.8 Å². The first-order chi connectivity index (χ1) is 18.5. The van der Waals surface area contributed by atoms with Gasteiger partial charge in [0.05, 0.1) is 0 Å². The fourth-order valence-electron chi connectivity index (χ4n) is 4.80. The molecule has 1 fully saturated rings. The van der Waals surface area contributed by atoms with E-state index in [9.17, 15) is 0 Å². The number of hydrogen-bond donors (Lipinski definition) is 0. The summed E-state index contributed by atoms with van der Waals surface area (Å²) in [5.74, 6) is 1.13. The molecule has 0 aliphatic carbocycles. The zero-order chi connectivity index (χ0) is 26.4. The average molecular weight is 508 g/mol. The minimum Gasteiger partial charge on any atom is -0.473 e. The van der Waals surface area contributed by atoms with E-state index in [1.165, 1.54) is 5.69 Å². The number of aromatic nitrogens is 1. The van der Waals surface area contributed by atoms with Gasteiger partial charge in [-0.2, -0.15) is 4.98 Å². The molecule has 5 nitrogen and oxygen atoms in total. The number of ether oxygens (including phenoxy) is 2. The molecule has 5 heteroatoms. The topological polar surface area (TPSA) is 37.8 Å². The highest BCUT2D eigenvalue weighted by molar-refractivity contribution is 5.73. The van der Waals surface area contributed by atoms with Gasteiger partial charge >= 0.3 is 0 Å². The van der Waals surface area contributed by atoms with Gasteiger partial charge in [-0.05, 0) is 55.7 Å². The molecule has 0 atom stereocenters. The van der Waals surface area contributed by atoms with Crippen molar-refractivity contribution < 1.29 is 9.47 Å². The first-order valence-corrected chi connectivity index (χ1v) is 13.4. The molecule has 5 rings (SSSR count). The summed E-state index contributed by atoms with van der Waals surface area (Å²) in [6, 6.07) is 33.0. The van der Waals surface area contributed by atoms with E-state index in [4.69, 9.17) is 14.5 Å².